The van der Waals surface area contributed by atoms with Gasteiger partial charge in [-0.2, -0.15) is 0 Å². The molecule has 33 heavy (non-hydrogen) atoms. The summed E-state index contributed by atoms with van der Waals surface area (Å²) in [5, 5.41) is 5.60. The summed E-state index contributed by atoms with van der Waals surface area (Å²) < 4.78 is 19.0. The van der Waals surface area contributed by atoms with Gasteiger partial charge in [0.1, 0.15) is 11.9 Å². The predicted octanol–water partition coefficient (Wildman–Crippen LogP) is 3.00. The molecule has 0 unspecified atom stereocenters. The Morgan fingerprint density at radius 2 is 1.82 bits per heavy atom. The number of carbonyl (C=O) groups is 3. The molecule has 3 rings (SSSR count). The summed E-state index contributed by atoms with van der Waals surface area (Å²) in [7, 11) is 1.54. The van der Waals surface area contributed by atoms with Gasteiger partial charge < -0.3 is 20.3 Å². The van der Waals surface area contributed by atoms with Crippen LogP contribution in [0.2, 0.25) is 0 Å². The fraction of sp³-hybridized carbons (Fsp3) is 0.375. The van der Waals surface area contributed by atoms with Gasteiger partial charge in [-0.3, -0.25) is 14.4 Å². The Balaban J connectivity index is 1.67. The number of benzene rings is 2. The van der Waals surface area contributed by atoms with E-state index in [2.05, 4.69) is 26.6 Å². The molecule has 0 aliphatic carbocycles. The third-order valence-electron chi connectivity index (χ3n) is 5.65. The highest BCUT2D eigenvalue weighted by Gasteiger charge is 2.34. The number of methoxy groups -OCH3 is 1. The first kappa shape index (κ1) is 24.9. The van der Waals surface area contributed by atoms with E-state index in [0.29, 0.717) is 44.6 Å². The van der Waals surface area contributed by atoms with Gasteiger partial charge in [0.25, 0.3) is 11.8 Å². The molecule has 1 saturated heterocycles. The van der Waals surface area contributed by atoms with E-state index in [1.807, 2.05) is 12.1 Å². The minimum absolute atomic E-state index is 0.0637. The van der Waals surface area contributed by atoms with Crippen molar-refractivity contribution in [3.8, 4) is 0 Å². The molecule has 1 aliphatic rings. The van der Waals surface area contributed by atoms with Crippen molar-refractivity contribution in [3.05, 3.63) is 69.9 Å². The van der Waals surface area contributed by atoms with E-state index in [1.54, 1.807) is 17.0 Å². The van der Waals surface area contributed by atoms with Crippen LogP contribution in [-0.4, -0.2) is 62.0 Å². The zero-order chi connectivity index (χ0) is 23.8. The van der Waals surface area contributed by atoms with E-state index in [-0.39, 0.29) is 23.3 Å². The lowest BCUT2D eigenvalue weighted by atomic mass is 9.88. The van der Waals surface area contributed by atoms with Crippen LogP contribution in [0.5, 0.6) is 0 Å². The van der Waals surface area contributed by atoms with E-state index in [1.165, 1.54) is 31.4 Å². The average molecular weight is 520 g/mol. The fourth-order valence-electron chi connectivity index (χ4n) is 3.85. The van der Waals surface area contributed by atoms with Crippen LogP contribution in [0.1, 0.15) is 33.6 Å². The van der Waals surface area contributed by atoms with Gasteiger partial charge in [0.2, 0.25) is 5.91 Å². The molecule has 9 heteroatoms. The van der Waals surface area contributed by atoms with Crippen LogP contribution in [-0.2, 0) is 9.53 Å². The summed E-state index contributed by atoms with van der Waals surface area (Å²) in [6, 6.07) is 11.6. The lowest BCUT2D eigenvalue weighted by molar-refractivity contribution is -0.124. The number of carbonyl (C=O) groups excluding carboxylic acids is 3. The zero-order valence-corrected chi connectivity index (χ0v) is 19.9. The number of nitrogens with one attached hydrogen (secondary N) is 2. The van der Waals surface area contributed by atoms with Crippen LogP contribution in [0.4, 0.5) is 4.39 Å². The van der Waals surface area contributed by atoms with E-state index < -0.39 is 17.8 Å². The molecule has 1 heterocycles. The Kier molecular flexibility index (Phi) is 8.96. The third-order valence-corrected chi connectivity index (χ3v) is 6.14. The smallest absolute Gasteiger partial charge is 0.253 e. The van der Waals surface area contributed by atoms with E-state index in [0.717, 1.165) is 4.47 Å². The maximum atomic E-state index is 13.2. The first-order chi connectivity index (χ1) is 15.9. The number of halogens is 2. The van der Waals surface area contributed by atoms with Gasteiger partial charge in [-0.15, -0.1) is 0 Å². The van der Waals surface area contributed by atoms with Gasteiger partial charge in [-0.25, -0.2) is 4.39 Å². The molecule has 3 amide bonds. The summed E-state index contributed by atoms with van der Waals surface area (Å²) in [5.41, 5.74) is 0.870. The maximum absolute atomic E-state index is 13.2. The molecular weight excluding hydrogens is 493 g/mol. The molecule has 0 aromatic heterocycles. The number of hydrogen-bond acceptors (Lipinski definition) is 4. The molecule has 2 aromatic carbocycles. The molecule has 0 spiro atoms. The quantitative estimate of drug-likeness (QED) is 0.524. The normalized spacial score (nSPS) is 15.1. The molecule has 0 bridgehead atoms. The summed E-state index contributed by atoms with van der Waals surface area (Å²) in [6.07, 6.45) is 1.12. The lowest BCUT2D eigenvalue weighted by Gasteiger charge is -2.36. The van der Waals surface area contributed by atoms with Gasteiger partial charge in [0.15, 0.2) is 0 Å². The largest absolute Gasteiger partial charge is 0.383 e. The van der Waals surface area contributed by atoms with Gasteiger partial charge >= 0.3 is 0 Å². The van der Waals surface area contributed by atoms with Crippen LogP contribution in [0.25, 0.3) is 0 Å². The van der Waals surface area contributed by atoms with Crippen LogP contribution in [0, 0.1) is 11.7 Å². The van der Waals surface area contributed by atoms with E-state index in [9.17, 15) is 18.8 Å². The number of likely N-dealkylation sites (tertiary alicyclic amines) is 1. The first-order valence-corrected chi connectivity index (χ1v) is 11.6. The van der Waals surface area contributed by atoms with Crippen LogP contribution < -0.4 is 10.6 Å². The Labute approximate surface area is 200 Å². The SMILES string of the molecule is COCCNC(=O)[C@H](NC(=O)c1ccc(F)cc1)C1CCN(C(=O)c2cccc(Br)c2)CC1. The summed E-state index contributed by atoms with van der Waals surface area (Å²) in [5.74, 6) is -1.41. The van der Waals surface area contributed by atoms with Crippen molar-refractivity contribution in [3.63, 3.8) is 0 Å². The van der Waals surface area contributed by atoms with Crippen molar-refractivity contribution in [2.75, 3.05) is 33.4 Å². The van der Waals surface area contributed by atoms with Gasteiger partial charge in [0, 0.05) is 42.3 Å². The molecule has 0 saturated carbocycles. The molecule has 176 valence electrons. The molecule has 0 radical (unpaired) electrons. The number of ether oxygens (including phenoxy) is 1. The molecule has 1 atom stereocenters. The Morgan fingerprint density at radius 1 is 1.12 bits per heavy atom. The molecule has 2 aromatic rings. The van der Waals surface area contributed by atoms with Crippen molar-refractivity contribution in [2.45, 2.75) is 18.9 Å². The van der Waals surface area contributed by atoms with E-state index >= 15 is 0 Å². The highest BCUT2D eigenvalue weighted by atomic mass is 79.9. The lowest BCUT2D eigenvalue weighted by Crippen LogP contribution is -2.54. The molecule has 1 aliphatic heterocycles. The first-order valence-electron chi connectivity index (χ1n) is 10.8. The number of nitrogens with zero attached hydrogens (tertiary/aromatic N) is 1. The van der Waals surface area contributed by atoms with Crippen molar-refractivity contribution in [2.24, 2.45) is 5.92 Å². The topological polar surface area (TPSA) is 87.7 Å². The van der Waals surface area contributed by atoms with Crippen molar-refractivity contribution in [1.82, 2.24) is 15.5 Å². The Morgan fingerprint density at radius 3 is 2.45 bits per heavy atom. The number of amides is 3. The van der Waals surface area contributed by atoms with Crippen molar-refractivity contribution < 1.29 is 23.5 Å². The highest BCUT2D eigenvalue weighted by Crippen LogP contribution is 2.24. The van der Waals surface area contributed by atoms with E-state index in [4.69, 9.17) is 4.74 Å². The summed E-state index contributed by atoms with van der Waals surface area (Å²) >= 11 is 3.39. The van der Waals surface area contributed by atoms with Crippen LogP contribution >= 0.6 is 15.9 Å². The molecule has 7 nitrogen and oxygen atoms in total. The monoisotopic (exact) mass is 519 g/mol. The Bertz CT molecular complexity index is 978. The number of rotatable bonds is 8. The van der Waals surface area contributed by atoms with Crippen LogP contribution in [0.3, 0.4) is 0 Å². The highest BCUT2D eigenvalue weighted by molar-refractivity contribution is 9.10. The molecule has 2 N–H and O–H groups in total. The zero-order valence-electron chi connectivity index (χ0n) is 18.4. The minimum atomic E-state index is -0.775. The van der Waals surface area contributed by atoms with Gasteiger partial charge in [0.05, 0.1) is 6.61 Å². The third kappa shape index (κ3) is 6.85. The van der Waals surface area contributed by atoms with Crippen LogP contribution in [0.15, 0.2) is 53.0 Å². The molecule has 1 fully saturated rings. The second kappa shape index (κ2) is 11.9. The summed E-state index contributed by atoms with van der Waals surface area (Å²) in [6.45, 7) is 1.62. The molecular formula is C24H27BrFN3O4. The number of piperidine rings is 1. The van der Waals surface area contributed by atoms with Gasteiger partial charge in [-0.05, 0) is 61.2 Å². The average Bonchev–Trinajstić information content (AvgIpc) is 2.82. The van der Waals surface area contributed by atoms with Gasteiger partial charge in [-0.1, -0.05) is 22.0 Å². The second-order valence-electron chi connectivity index (χ2n) is 7.88. The number of hydrogen-bond donors (Lipinski definition) is 2. The minimum Gasteiger partial charge on any atom is -0.383 e. The maximum Gasteiger partial charge on any atom is 0.253 e. The van der Waals surface area contributed by atoms with Crippen molar-refractivity contribution in [1.29, 1.82) is 0 Å². The summed E-state index contributed by atoms with van der Waals surface area (Å²) in [4.78, 5) is 40.2. The second-order valence-corrected chi connectivity index (χ2v) is 8.80. The predicted molar refractivity (Wildman–Crippen MR) is 125 cm³/mol. The fourth-order valence-corrected chi connectivity index (χ4v) is 4.25. The standard InChI is InChI=1S/C24H27BrFN3O4/c1-33-14-11-27-23(31)21(28-22(30)17-5-7-20(26)8-6-17)16-9-12-29(13-10-16)24(32)18-3-2-4-19(25)15-18/h2-8,15-16,21H,9-14H2,1H3,(H,27,31)(H,28,30)/t21-/m1/s1. The van der Waals surface area contributed by atoms with Crippen molar-refractivity contribution >= 4 is 33.7 Å². The Hall–Kier alpha value is -2.78.